The predicted octanol–water partition coefficient (Wildman–Crippen LogP) is 3.51. The molecule has 0 amide bonds. The number of aromatic nitrogens is 4. The molecule has 0 bridgehead atoms. The number of nitrogens with zero attached hydrogens (tertiary/aromatic N) is 3. The molecule has 0 aliphatic rings. The lowest BCUT2D eigenvalue weighted by Crippen LogP contribution is -2.14. The molecule has 3 rings (SSSR count). The molecule has 0 radical (unpaired) electrons. The molecule has 0 fully saturated rings. The molecule has 26 heavy (non-hydrogen) atoms. The fraction of sp³-hybridized carbons (Fsp3) is 0.333. The van der Waals surface area contributed by atoms with Crippen LogP contribution in [0.25, 0.3) is 11.4 Å². The number of imidazole rings is 1. The summed E-state index contributed by atoms with van der Waals surface area (Å²) in [6.45, 7) is 7.52. The lowest BCUT2D eigenvalue weighted by atomic mass is 10.1. The highest BCUT2D eigenvalue weighted by molar-refractivity contribution is 5.57. The van der Waals surface area contributed by atoms with E-state index in [1.54, 1.807) is 13.8 Å². The SMILES string of the molecule is Cc1cc(CC(C)n2ccnc2-c2ccc(C#CC(C)(C)O)cc2)n[nH]1. The highest BCUT2D eigenvalue weighted by Crippen LogP contribution is 2.23. The Morgan fingerprint density at radius 3 is 2.62 bits per heavy atom. The van der Waals surface area contributed by atoms with Crippen LogP contribution in [-0.4, -0.2) is 30.5 Å². The van der Waals surface area contributed by atoms with E-state index in [0.29, 0.717) is 0 Å². The molecule has 0 saturated carbocycles. The molecule has 0 aliphatic heterocycles. The minimum Gasteiger partial charge on any atom is -0.378 e. The molecule has 0 saturated heterocycles. The van der Waals surface area contributed by atoms with Crippen LogP contribution >= 0.6 is 0 Å². The van der Waals surface area contributed by atoms with Gasteiger partial charge < -0.3 is 9.67 Å². The first kappa shape index (κ1) is 18.0. The number of aromatic amines is 1. The van der Waals surface area contributed by atoms with E-state index in [9.17, 15) is 5.11 Å². The maximum absolute atomic E-state index is 9.71. The van der Waals surface area contributed by atoms with Gasteiger partial charge in [0.1, 0.15) is 11.4 Å². The predicted molar refractivity (Wildman–Crippen MR) is 103 cm³/mol. The van der Waals surface area contributed by atoms with Crippen molar-refractivity contribution in [3.05, 3.63) is 59.7 Å². The Hall–Kier alpha value is -2.84. The summed E-state index contributed by atoms with van der Waals surface area (Å²) in [6, 6.07) is 10.2. The molecule has 2 heterocycles. The van der Waals surface area contributed by atoms with Gasteiger partial charge in [-0.2, -0.15) is 5.10 Å². The van der Waals surface area contributed by atoms with Crippen molar-refractivity contribution in [1.82, 2.24) is 19.7 Å². The summed E-state index contributed by atoms with van der Waals surface area (Å²) < 4.78 is 2.17. The zero-order valence-corrected chi connectivity index (χ0v) is 15.6. The van der Waals surface area contributed by atoms with E-state index < -0.39 is 5.60 Å². The van der Waals surface area contributed by atoms with Crippen LogP contribution in [0.2, 0.25) is 0 Å². The Labute approximate surface area is 154 Å². The third-order valence-electron chi connectivity index (χ3n) is 4.06. The number of aryl methyl sites for hydroxylation is 1. The van der Waals surface area contributed by atoms with Crippen LogP contribution in [-0.2, 0) is 6.42 Å². The minimum atomic E-state index is -0.991. The number of hydrogen-bond donors (Lipinski definition) is 2. The summed E-state index contributed by atoms with van der Waals surface area (Å²) in [6.07, 6.45) is 4.66. The minimum absolute atomic E-state index is 0.241. The summed E-state index contributed by atoms with van der Waals surface area (Å²) in [5, 5.41) is 17.0. The normalized spacial score (nSPS) is 12.5. The molecule has 134 valence electrons. The lowest BCUT2D eigenvalue weighted by molar-refractivity contribution is 0.143. The summed E-state index contributed by atoms with van der Waals surface area (Å²) >= 11 is 0. The maximum Gasteiger partial charge on any atom is 0.140 e. The summed E-state index contributed by atoms with van der Waals surface area (Å²) in [5.74, 6) is 6.74. The second-order valence-electron chi connectivity index (χ2n) is 7.14. The van der Waals surface area contributed by atoms with Gasteiger partial charge in [0.25, 0.3) is 0 Å². The van der Waals surface area contributed by atoms with Crippen molar-refractivity contribution in [3.8, 4) is 23.2 Å². The number of nitrogens with one attached hydrogen (secondary N) is 1. The second-order valence-corrected chi connectivity index (χ2v) is 7.14. The van der Waals surface area contributed by atoms with E-state index in [0.717, 1.165) is 34.8 Å². The second kappa shape index (κ2) is 7.19. The fourth-order valence-electron chi connectivity index (χ4n) is 2.80. The topological polar surface area (TPSA) is 66.7 Å². The smallest absolute Gasteiger partial charge is 0.140 e. The molecule has 1 unspecified atom stereocenters. The largest absolute Gasteiger partial charge is 0.378 e. The van der Waals surface area contributed by atoms with Gasteiger partial charge in [0.15, 0.2) is 0 Å². The molecule has 5 nitrogen and oxygen atoms in total. The number of hydrogen-bond acceptors (Lipinski definition) is 3. The van der Waals surface area contributed by atoms with E-state index in [1.807, 2.05) is 43.6 Å². The van der Waals surface area contributed by atoms with E-state index >= 15 is 0 Å². The number of H-pyrrole nitrogens is 1. The molecule has 2 aromatic heterocycles. The van der Waals surface area contributed by atoms with Crippen molar-refractivity contribution in [2.24, 2.45) is 0 Å². The van der Waals surface area contributed by atoms with Crippen LogP contribution in [0.5, 0.6) is 0 Å². The monoisotopic (exact) mass is 348 g/mol. The van der Waals surface area contributed by atoms with Crippen molar-refractivity contribution in [1.29, 1.82) is 0 Å². The van der Waals surface area contributed by atoms with Crippen molar-refractivity contribution >= 4 is 0 Å². The first-order valence-corrected chi connectivity index (χ1v) is 8.71. The summed E-state index contributed by atoms with van der Waals surface area (Å²) in [7, 11) is 0. The van der Waals surface area contributed by atoms with E-state index in [2.05, 4.69) is 44.6 Å². The van der Waals surface area contributed by atoms with Gasteiger partial charge in [0, 0.05) is 41.7 Å². The molecule has 1 aromatic carbocycles. The Bertz CT molecular complexity index is 933. The van der Waals surface area contributed by atoms with Gasteiger partial charge in [-0.1, -0.05) is 24.0 Å². The maximum atomic E-state index is 9.71. The molecule has 3 aromatic rings. The fourth-order valence-corrected chi connectivity index (χ4v) is 2.80. The average molecular weight is 348 g/mol. The standard InChI is InChI=1S/C21H24N4O/c1-15-13-19(24-23-15)14-16(2)25-12-11-22-20(25)18-7-5-17(6-8-18)9-10-21(3,4)26/h5-8,11-13,16,26H,14H2,1-4H3,(H,23,24). The molecular formula is C21H24N4O. The van der Waals surface area contributed by atoms with E-state index in [-0.39, 0.29) is 6.04 Å². The van der Waals surface area contributed by atoms with Crippen molar-refractivity contribution in [3.63, 3.8) is 0 Å². The number of benzene rings is 1. The highest BCUT2D eigenvalue weighted by Gasteiger charge is 2.13. The van der Waals surface area contributed by atoms with Crippen molar-refractivity contribution in [2.75, 3.05) is 0 Å². The van der Waals surface area contributed by atoms with Gasteiger partial charge in [-0.15, -0.1) is 0 Å². The van der Waals surface area contributed by atoms with Gasteiger partial charge in [0.2, 0.25) is 0 Å². The van der Waals surface area contributed by atoms with Crippen molar-refractivity contribution < 1.29 is 5.11 Å². The summed E-state index contributed by atoms with van der Waals surface area (Å²) in [4.78, 5) is 4.53. The highest BCUT2D eigenvalue weighted by atomic mass is 16.3. The van der Waals surface area contributed by atoms with Gasteiger partial charge in [-0.05, 0) is 45.9 Å². The van der Waals surface area contributed by atoms with Crippen molar-refractivity contribution in [2.45, 2.75) is 45.8 Å². The quantitative estimate of drug-likeness (QED) is 0.709. The van der Waals surface area contributed by atoms with Gasteiger partial charge in [0.05, 0.1) is 5.69 Å². The Morgan fingerprint density at radius 2 is 2.00 bits per heavy atom. The third kappa shape index (κ3) is 4.41. The van der Waals surface area contributed by atoms with Crippen LogP contribution in [0.4, 0.5) is 0 Å². The van der Waals surface area contributed by atoms with Gasteiger partial charge in [-0.25, -0.2) is 4.98 Å². The first-order chi connectivity index (χ1) is 12.3. The van der Waals surface area contributed by atoms with Crippen LogP contribution in [0.3, 0.4) is 0 Å². The molecule has 1 atom stereocenters. The number of aliphatic hydroxyl groups is 1. The molecule has 5 heteroatoms. The van der Waals surface area contributed by atoms with E-state index in [4.69, 9.17) is 0 Å². The Kier molecular flexibility index (Phi) is 4.97. The lowest BCUT2D eigenvalue weighted by Gasteiger charge is -2.15. The Balaban J connectivity index is 1.80. The van der Waals surface area contributed by atoms with Crippen LogP contribution < -0.4 is 0 Å². The van der Waals surface area contributed by atoms with Gasteiger partial charge >= 0.3 is 0 Å². The molecule has 0 spiro atoms. The Morgan fingerprint density at radius 1 is 1.27 bits per heavy atom. The van der Waals surface area contributed by atoms with Crippen LogP contribution in [0.15, 0.2) is 42.7 Å². The van der Waals surface area contributed by atoms with E-state index in [1.165, 1.54) is 0 Å². The zero-order valence-electron chi connectivity index (χ0n) is 15.6. The van der Waals surface area contributed by atoms with Gasteiger partial charge in [-0.3, -0.25) is 5.10 Å². The molecule has 0 aliphatic carbocycles. The molecule has 2 N–H and O–H groups in total. The van der Waals surface area contributed by atoms with Crippen LogP contribution in [0.1, 0.15) is 43.8 Å². The summed E-state index contributed by atoms with van der Waals surface area (Å²) in [5.41, 5.74) is 3.03. The average Bonchev–Trinajstić information content (AvgIpc) is 3.22. The number of rotatable bonds is 4. The zero-order chi connectivity index (χ0) is 18.7. The third-order valence-corrected chi connectivity index (χ3v) is 4.06. The van der Waals surface area contributed by atoms with Crippen LogP contribution in [0, 0.1) is 18.8 Å². The molecular weight excluding hydrogens is 324 g/mol. The first-order valence-electron chi connectivity index (χ1n) is 8.71.